The average molecular weight is 301 g/mol. The van der Waals surface area contributed by atoms with Crippen LogP contribution in [0.4, 0.5) is 10.1 Å². The fraction of sp³-hybridized carbons (Fsp3) is 0.417. The van der Waals surface area contributed by atoms with Crippen LogP contribution >= 0.6 is 0 Å². The molecule has 1 saturated carbocycles. The van der Waals surface area contributed by atoms with E-state index < -0.39 is 15.8 Å². The van der Waals surface area contributed by atoms with Crippen LogP contribution in [-0.2, 0) is 14.8 Å². The summed E-state index contributed by atoms with van der Waals surface area (Å²) >= 11 is 0. The average Bonchev–Trinajstić information content (AvgIpc) is 3.11. The molecule has 2 rings (SSSR count). The molecule has 6 nitrogen and oxygen atoms in total. The van der Waals surface area contributed by atoms with E-state index in [1.807, 2.05) is 0 Å². The van der Waals surface area contributed by atoms with Gasteiger partial charge in [-0.25, -0.2) is 17.5 Å². The van der Waals surface area contributed by atoms with Crippen molar-refractivity contribution in [2.75, 3.05) is 12.3 Å². The zero-order valence-corrected chi connectivity index (χ0v) is 11.5. The van der Waals surface area contributed by atoms with Gasteiger partial charge in [0.05, 0.1) is 5.69 Å². The lowest BCUT2D eigenvalue weighted by atomic mass is 10.3. The first kappa shape index (κ1) is 14.7. The number of sulfonamides is 1. The van der Waals surface area contributed by atoms with Gasteiger partial charge in [-0.3, -0.25) is 4.79 Å². The molecule has 1 amide bonds. The summed E-state index contributed by atoms with van der Waals surface area (Å²) in [6.45, 7) is -0.0301. The molecule has 0 heterocycles. The number of hydrogen-bond acceptors (Lipinski definition) is 4. The van der Waals surface area contributed by atoms with E-state index in [1.54, 1.807) is 0 Å². The highest BCUT2D eigenvalue weighted by Crippen LogP contribution is 2.19. The molecule has 1 aromatic carbocycles. The standard InChI is InChI=1S/C12H16FN3O3S/c13-8-1-4-11(10(14)7-8)20(18,19)15-6-5-12(17)16-9-2-3-9/h1,4,7,9,15H,2-3,5-6,14H2,(H,16,17). The van der Waals surface area contributed by atoms with Crippen LogP contribution in [0.2, 0.25) is 0 Å². The van der Waals surface area contributed by atoms with Crippen molar-refractivity contribution in [3.05, 3.63) is 24.0 Å². The van der Waals surface area contributed by atoms with Gasteiger partial charge in [-0.05, 0) is 31.0 Å². The second-order valence-corrected chi connectivity index (χ2v) is 6.41. The summed E-state index contributed by atoms with van der Waals surface area (Å²) < 4.78 is 39.0. The fourth-order valence-corrected chi connectivity index (χ4v) is 2.81. The van der Waals surface area contributed by atoms with E-state index in [1.165, 1.54) is 0 Å². The van der Waals surface area contributed by atoms with Gasteiger partial charge in [-0.2, -0.15) is 0 Å². The van der Waals surface area contributed by atoms with Crippen LogP contribution < -0.4 is 15.8 Å². The predicted molar refractivity (Wildman–Crippen MR) is 71.8 cm³/mol. The van der Waals surface area contributed by atoms with Crippen molar-refractivity contribution in [3.63, 3.8) is 0 Å². The molecule has 0 spiro atoms. The van der Waals surface area contributed by atoms with Crippen LogP contribution in [0.15, 0.2) is 23.1 Å². The molecule has 1 aliphatic carbocycles. The molecule has 4 N–H and O–H groups in total. The fourth-order valence-electron chi connectivity index (χ4n) is 1.67. The summed E-state index contributed by atoms with van der Waals surface area (Å²) in [6, 6.07) is 3.29. The van der Waals surface area contributed by atoms with E-state index >= 15 is 0 Å². The Hall–Kier alpha value is -1.67. The zero-order chi connectivity index (χ0) is 14.8. The third-order valence-corrected chi connectivity index (χ3v) is 4.38. The van der Waals surface area contributed by atoms with Crippen molar-refractivity contribution >= 4 is 21.6 Å². The first-order chi connectivity index (χ1) is 9.38. The molecule has 20 heavy (non-hydrogen) atoms. The lowest BCUT2D eigenvalue weighted by Crippen LogP contribution is -2.32. The Morgan fingerprint density at radius 3 is 2.70 bits per heavy atom. The molecule has 1 fully saturated rings. The van der Waals surface area contributed by atoms with Gasteiger partial charge in [-0.1, -0.05) is 0 Å². The highest BCUT2D eigenvalue weighted by Gasteiger charge is 2.23. The number of benzene rings is 1. The van der Waals surface area contributed by atoms with Crippen LogP contribution in [-0.4, -0.2) is 26.9 Å². The second-order valence-electron chi connectivity index (χ2n) is 4.67. The Morgan fingerprint density at radius 1 is 1.40 bits per heavy atom. The molecule has 110 valence electrons. The summed E-state index contributed by atoms with van der Waals surface area (Å²) in [5.74, 6) is -0.799. The molecule has 0 atom stereocenters. The van der Waals surface area contributed by atoms with Gasteiger partial charge in [0, 0.05) is 19.0 Å². The number of hydrogen-bond donors (Lipinski definition) is 3. The summed E-state index contributed by atoms with van der Waals surface area (Å²) in [7, 11) is -3.84. The molecule has 8 heteroatoms. The van der Waals surface area contributed by atoms with E-state index in [0.717, 1.165) is 31.0 Å². The molecule has 1 aliphatic rings. The monoisotopic (exact) mass is 301 g/mol. The molecular weight excluding hydrogens is 285 g/mol. The minimum atomic E-state index is -3.84. The molecule has 0 aromatic heterocycles. The van der Waals surface area contributed by atoms with Gasteiger partial charge >= 0.3 is 0 Å². The van der Waals surface area contributed by atoms with Gasteiger partial charge < -0.3 is 11.1 Å². The van der Waals surface area contributed by atoms with Crippen LogP contribution in [0, 0.1) is 5.82 Å². The number of carbonyl (C=O) groups excluding carboxylic acids is 1. The van der Waals surface area contributed by atoms with Crippen molar-refractivity contribution in [2.24, 2.45) is 0 Å². The summed E-state index contributed by atoms with van der Waals surface area (Å²) in [5, 5.41) is 2.75. The van der Waals surface area contributed by atoms with Crippen LogP contribution in [0.3, 0.4) is 0 Å². The number of amides is 1. The lowest BCUT2D eigenvalue weighted by molar-refractivity contribution is -0.121. The number of nitrogen functional groups attached to an aromatic ring is 1. The quantitative estimate of drug-likeness (QED) is 0.660. The smallest absolute Gasteiger partial charge is 0.242 e. The van der Waals surface area contributed by atoms with Crippen molar-refractivity contribution in [2.45, 2.75) is 30.2 Å². The first-order valence-corrected chi connectivity index (χ1v) is 7.71. The number of nitrogens with two attached hydrogens (primary N) is 1. The van der Waals surface area contributed by atoms with Crippen molar-refractivity contribution < 1.29 is 17.6 Å². The van der Waals surface area contributed by atoms with Crippen molar-refractivity contribution in [1.82, 2.24) is 10.0 Å². The van der Waals surface area contributed by atoms with Crippen LogP contribution in [0.1, 0.15) is 19.3 Å². The molecule has 1 aromatic rings. The summed E-state index contributed by atoms with van der Waals surface area (Å²) in [4.78, 5) is 11.2. The van der Waals surface area contributed by atoms with E-state index in [-0.39, 0.29) is 35.5 Å². The number of rotatable bonds is 6. The number of nitrogens with one attached hydrogen (secondary N) is 2. The molecule has 0 unspecified atom stereocenters. The van der Waals surface area contributed by atoms with Gasteiger partial charge in [0.25, 0.3) is 0 Å². The topological polar surface area (TPSA) is 101 Å². The van der Waals surface area contributed by atoms with Crippen molar-refractivity contribution in [3.8, 4) is 0 Å². The summed E-state index contributed by atoms with van der Waals surface area (Å²) in [5.41, 5.74) is 5.31. The maximum absolute atomic E-state index is 12.9. The molecule has 0 radical (unpaired) electrons. The van der Waals surface area contributed by atoms with E-state index in [2.05, 4.69) is 10.0 Å². The van der Waals surface area contributed by atoms with Gasteiger partial charge in [0.15, 0.2) is 0 Å². The van der Waals surface area contributed by atoms with Gasteiger partial charge in [-0.15, -0.1) is 0 Å². The zero-order valence-electron chi connectivity index (χ0n) is 10.7. The van der Waals surface area contributed by atoms with Crippen LogP contribution in [0.5, 0.6) is 0 Å². The third kappa shape index (κ3) is 3.91. The number of carbonyl (C=O) groups is 1. The largest absolute Gasteiger partial charge is 0.398 e. The lowest BCUT2D eigenvalue weighted by Gasteiger charge is -2.09. The molecule has 0 bridgehead atoms. The number of anilines is 1. The SMILES string of the molecule is Nc1cc(F)ccc1S(=O)(=O)NCCC(=O)NC1CC1. The third-order valence-electron chi connectivity index (χ3n) is 2.85. The number of halogens is 1. The van der Waals surface area contributed by atoms with Gasteiger partial charge in [0.2, 0.25) is 15.9 Å². The van der Waals surface area contributed by atoms with E-state index in [9.17, 15) is 17.6 Å². The minimum absolute atomic E-state index is 0.0301. The highest BCUT2D eigenvalue weighted by atomic mass is 32.2. The highest BCUT2D eigenvalue weighted by molar-refractivity contribution is 7.89. The van der Waals surface area contributed by atoms with Crippen LogP contribution in [0.25, 0.3) is 0 Å². The Morgan fingerprint density at radius 2 is 2.10 bits per heavy atom. The van der Waals surface area contributed by atoms with Gasteiger partial charge in [0.1, 0.15) is 10.7 Å². The maximum atomic E-state index is 12.9. The minimum Gasteiger partial charge on any atom is -0.398 e. The Bertz CT molecular complexity index is 614. The molecular formula is C12H16FN3O3S. The van der Waals surface area contributed by atoms with Crippen molar-refractivity contribution in [1.29, 1.82) is 0 Å². The maximum Gasteiger partial charge on any atom is 0.242 e. The van der Waals surface area contributed by atoms with E-state index in [0.29, 0.717) is 0 Å². The normalized spacial score (nSPS) is 15.1. The molecule has 0 aliphatic heterocycles. The first-order valence-electron chi connectivity index (χ1n) is 6.22. The predicted octanol–water partition coefficient (Wildman–Crippen LogP) is 0.355. The molecule has 0 saturated heterocycles. The Labute approximate surface area is 116 Å². The van der Waals surface area contributed by atoms with E-state index in [4.69, 9.17) is 5.73 Å². The second kappa shape index (κ2) is 5.76. The Balaban J connectivity index is 1.91. The Kier molecular flexibility index (Phi) is 4.24. The summed E-state index contributed by atoms with van der Waals surface area (Å²) in [6.07, 6.45) is 2.00.